The molecule has 0 bridgehead atoms. The fourth-order valence-electron chi connectivity index (χ4n) is 0. The Kier molecular flexibility index (Phi) is 17.5. The van der Waals surface area contributed by atoms with Crippen molar-refractivity contribution in [3.05, 3.63) is 0 Å². The zero-order valence-electron chi connectivity index (χ0n) is 3.90. The summed E-state index contributed by atoms with van der Waals surface area (Å²) in [6.07, 6.45) is 0. The van der Waals surface area contributed by atoms with E-state index in [2.05, 4.69) is 0 Å². The van der Waals surface area contributed by atoms with Gasteiger partial charge in [-0.25, -0.2) is 4.57 Å². The minimum absolute atomic E-state index is 0. The summed E-state index contributed by atoms with van der Waals surface area (Å²) < 4.78 is 8.88. The number of phosphoric acid groups is 1. The molecule has 0 aromatic heterocycles. The monoisotopic (exact) mass is 225 g/mol. The number of rotatable bonds is 0. The maximum Gasteiger partial charge on any atom is 2.00 e. The molecule has 0 unspecified atom stereocenters. The van der Waals surface area contributed by atoms with Gasteiger partial charge in [-0.3, -0.25) is 0 Å². The van der Waals surface area contributed by atoms with E-state index in [0.29, 0.717) is 0 Å². The molecule has 0 radical (unpaired) electrons. The second-order valence-corrected chi connectivity index (χ2v) is 1.54. The molecule has 0 aliphatic heterocycles. The van der Waals surface area contributed by atoms with Crippen LogP contribution in [0.2, 0.25) is 0 Å². The van der Waals surface area contributed by atoms with E-state index in [1.807, 2.05) is 0 Å². The third-order valence-corrected chi connectivity index (χ3v) is 0. The fourth-order valence-corrected chi connectivity index (χ4v) is 0. The van der Waals surface area contributed by atoms with Gasteiger partial charge in [0.25, 0.3) is 0 Å². The Morgan fingerprint density at radius 1 is 1.14 bits per heavy atom. The number of hydrogen-bond donors (Lipinski definition) is 3. The van der Waals surface area contributed by atoms with Crippen molar-refractivity contribution < 1.29 is 70.6 Å². The van der Waals surface area contributed by atoms with Gasteiger partial charge in [0.15, 0.2) is 0 Å². The van der Waals surface area contributed by atoms with Crippen molar-refractivity contribution in [3.8, 4) is 0 Å². The SMILES string of the molecule is O=P(O)(O)O.[K+].[Sr+2]. The van der Waals surface area contributed by atoms with Gasteiger partial charge >= 0.3 is 105 Å². The van der Waals surface area contributed by atoms with E-state index < -0.39 is 7.82 Å². The van der Waals surface area contributed by atoms with Crippen LogP contribution in [0.3, 0.4) is 0 Å². The number of hydrogen-bond acceptors (Lipinski definition) is 1. The van der Waals surface area contributed by atoms with Crippen molar-refractivity contribution in [1.29, 1.82) is 0 Å². The van der Waals surface area contributed by atoms with E-state index in [4.69, 9.17) is 19.2 Å². The van der Waals surface area contributed by atoms with Gasteiger partial charge in [0.1, 0.15) is 0 Å². The van der Waals surface area contributed by atoms with E-state index in [1.54, 1.807) is 0 Å². The molecule has 0 atom stereocenters. The molecule has 32 valence electrons. The largest absolute Gasteiger partial charge is 2.00 e. The molecular formula is H3KO4PSr+3. The first-order valence-electron chi connectivity index (χ1n) is 0.783. The van der Waals surface area contributed by atoms with Crippen LogP contribution in [-0.2, 0) is 4.57 Å². The van der Waals surface area contributed by atoms with E-state index in [0.717, 1.165) is 0 Å². The van der Waals surface area contributed by atoms with Crippen LogP contribution in [0, 0.1) is 0 Å². The van der Waals surface area contributed by atoms with Gasteiger partial charge in [0, 0.05) is 0 Å². The maximum atomic E-state index is 8.88. The molecule has 0 aliphatic carbocycles. The van der Waals surface area contributed by atoms with E-state index in [-0.39, 0.29) is 96.9 Å². The maximum absolute atomic E-state index is 8.88. The zero-order valence-corrected chi connectivity index (χ0v) is 11.4. The van der Waals surface area contributed by atoms with Crippen LogP contribution in [0.25, 0.3) is 0 Å². The molecular weight excluding hydrogens is 222 g/mol. The van der Waals surface area contributed by atoms with E-state index >= 15 is 0 Å². The summed E-state index contributed by atoms with van der Waals surface area (Å²) in [6, 6.07) is 0. The Hall–Kier alpha value is 3.23. The van der Waals surface area contributed by atoms with Gasteiger partial charge in [-0.15, -0.1) is 0 Å². The smallest absolute Gasteiger partial charge is 0.303 e. The van der Waals surface area contributed by atoms with Gasteiger partial charge in [0.05, 0.1) is 0 Å². The molecule has 0 spiro atoms. The van der Waals surface area contributed by atoms with Crippen LogP contribution >= 0.6 is 7.82 Å². The molecule has 0 aromatic rings. The van der Waals surface area contributed by atoms with Crippen LogP contribution in [0.5, 0.6) is 0 Å². The fraction of sp³-hybridized carbons (Fsp3) is 0. The Morgan fingerprint density at radius 2 is 1.14 bits per heavy atom. The van der Waals surface area contributed by atoms with Crippen molar-refractivity contribution >= 4 is 53.3 Å². The average molecular weight is 225 g/mol. The summed E-state index contributed by atoms with van der Waals surface area (Å²) in [7, 11) is -4.64. The summed E-state index contributed by atoms with van der Waals surface area (Å²) in [5.41, 5.74) is 0. The van der Waals surface area contributed by atoms with Crippen LogP contribution < -0.4 is 51.4 Å². The molecule has 0 aliphatic rings. The average Bonchev–Trinajstić information content (AvgIpc) is 0.722. The summed E-state index contributed by atoms with van der Waals surface area (Å²) in [5.74, 6) is 0. The summed E-state index contributed by atoms with van der Waals surface area (Å²) >= 11 is 0. The van der Waals surface area contributed by atoms with Crippen molar-refractivity contribution in [3.63, 3.8) is 0 Å². The quantitative estimate of drug-likeness (QED) is 0.288. The molecule has 0 saturated carbocycles. The van der Waals surface area contributed by atoms with Crippen LogP contribution in [0.4, 0.5) is 0 Å². The van der Waals surface area contributed by atoms with Gasteiger partial charge in [-0.05, 0) is 0 Å². The predicted molar refractivity (Wildman–Crippen MR) is 20.0 cm³/mol. The summed E-state index contributed by atoms with van der Waals surface area (Å²) in [4.78, 5) is 21.6. The molecule has 0 fully saturated rings. The summed E-state index contributed by atoms with van der Waals surface area (Å²) in [6.45, 7) is 0. The molecule has 0 amide bonds. The first-order valence-corrected chi connectivity index (χ1v) is 2.35. The van der Waals surface area contributed by atoms with Crippen LogP contribution in [-0.4, -0.2) is 60.2 Å². The predicted octanol–water partition coefficient (Wildman–Crippen LogP) is -4.31. The van der Waals surface area contributed by atoms with Gasteiger partial charge in [0.2, 0.25) is 0 Å². The molecule has 4 nitrogen and oxygen atoms in total. The minimum Gasteiger partial charge on any atom is -0.303 e. The first-order chi connectivity index (χ1) is 2.00. The second-order valence-electron chi connectivity index (χ2n) is 0.513. The van der Waals surface area contributed by atoms with Crippen molar-refractivity contribution in [1.82, 2.24) is 0 Å². The van der Waals surface area contributed by atoms with E-state index in [9.17, 15) is 0 Å². The minimum atomic E-state index is -4.64. The zero-order chi connectivity index (χ0) is 4.50. The third kappa shape index (κ3) is 46.3. The second kappa shape index (κ2) is 7.34. The molecule has 0 saturated heterocycles. The summed E-state index contributed by atoms with van der Waals surface area (Å²) in [5, 5.41) is 0. The van der Waals surface area contributed by atoms with Crippen LogP contribution in [0.1, 0.15) is 0 Å². The topological polar surface area (TPSA) is 77.8 Å². The van der Waals surface area contributed by atoms with Crippen molar-refractivity contribution in [2.24, 2.45) is 0 Å². The van der Waals surface area contributed by atoms with Crippen molar-refractivity contribution in [2.75, 3.05) is 0 Å². The molecule has 7 heavy (non-hydrogen) atoms. The Labute approximate surface area is 121 Å². The van der Waals surface area contributed by atoms with E-state index in [1.165, 1.54) is 0 Å². The molecule has 3 N–H and O–H groups in total. The normalized spacial score (nSPS) is 8.43. The van der Waals surface area contributed by atoms with Crippen LogP contribution in [0.15, 0.2) is 0 Å². The molecule has 7 heteroatoms. The van der Waals surface area contributed by atoms with Gasteiger partial charge in [-0.2, -0.15) is 0 Å². The Balaban J connectivity index is -0.0000000800. The molecule has 0 heterocycles. The Bertz CT molecular complexity index is 57.8. The van der Waals surface area contributed by atoms with Gasteiger partial charge < -0.3 is 14.7 Å². The third-order valence-electron chi connectivity index (χ3n) is 0. The van der Waals surface area contributed by atoms with Crippen molar-refractivity contribution in [2.45, 2.75) is 0 Å². The molecule has 0 aromatic carbocycles. The standard InChI is InChI=1S/K.H3O4P.Sr/c;1-5(2,3)4;/h;(H3,1,2,3,4);/q+1;;+2. The first kappa shape index (κ1) is 16.7. The van der Waals surface area contributed by atoms with Gasteiger partial charge in [-0.1, -0.05) is 0 Å². The molecule has 0 rings (SSSR count). The Morgan fingerprint density at radius 3 is 1.14 bits per heavy atom.